The maximum atomic E-state index is 11.2. The van der Waals surface area contributed by atoms with Crippen LogP contribution in [-0.4, -0.2) is 26.9 Å². The molecule has 0 fully saturated rings. The molecule has 14 heavy (non-hydrogen) atoms. The van der Waals surface area contributed by atoms with Gasteiger partial charge in [0.2, 0.25) is 10.0 Å². The number of hydrogen-bond acceptors (Lipinski definition) is 3. The fourth-order valence-corrected chi connectivity index (χ4v) is 2.19. The van der Waals surface area contributed by atoms with Crippen LogP contribution < -0.4 is 5.14 Å². The van der Waals surface area contributed by atoms with Crippen molar-refractivity contribution in [2.45, 2.75) is 37.5 Å². The van der Waals surface area contributed by atoms with Crippen molar-refractivity contribution in [3.8, 4) is 0 Å². The Balaban J connectivity index is 4.33. The summed E-state index contributed by atoms with van der Waals surface area (Å²) in [6.45, 7) is 5.37. The average molecular weight is 221 g/mol. The first-order chi connectivity index (χ1) is 6.41. The number of rotatable bonds is 7. The van der Waals surface area contributed by atoms with Gasteiger partial charge in [0.05, 0.1) is 11.4 Å². The maximum absolute atomic E-state index is 11.2. The summed E-state index contributed by atoms with van der Waals surface area (Å²) < 4.78 is 27.4. The number of hydrogen-bond donors (Lipinski definition) is 1. The molecular formula is C9H19NO3S. The predicted molar refractivity (Wildman–Crippen MR) is 57.4 cm³/mol. The van der Waals surface area contributed by atoms with Crippen molar-refractivity contribution in [1.29, 1.82) is 0 Å². The van der Waals surface area contributed by atoms with Crippen LogP contribution in [0.25, 0.3) is 0 Å². The van der Waals surface area contributed by atoms with E-state index >= 15 is 0 Å². The van der Waals surface area contributed by atoms with E-state index < -0.39 is 15.3 Å². The summed E-state index contributed by atoms with van der Waals surface area (Å²) in [6, 6.07) is 0. The lowest BCUT2D eigenvalue weighted by Gasteiger charge is -2.17. The van der Waals surface area contributed by atoms with Gasteiger partial charge in [0.25, 0.3) is 0 Å². The lowest BCUT2D eigenvalue weighted by atomic mass is 10.1. The van der Waals surface area contributed by atoms with E-state index in [2.05, 4.69) is 6.58 Å². The minimum Gasteiger partial charge on any atom is -0.382 e. The fourth-order valence-electron chi connectivity index (χ4n) is 1.19. The molecule has 5 heteroatoms. The second-order valence-corrected chi connectivity index (χ2v) is 5.20. The third-order valence-corrected chi connectivity index (χ3v) is 3.51. The van der Waals surface area contributed by atoms with E-state index in [1.54, 1.807) is 13.2 Å². The van der Waals surface area contributed by atoms with Crippen LogP contribution in [0.2, 0.25) is 0 Å². The third kappa shape index (κ3) is 5.36. The molecule has 0 unspecified atom stereocenters. The molecule has 0 aromatic heterocycles. The largest absolute Gasteiger partial charge is 0.382 e. The van der Waals surface area contributed by atoms with E-state index in [-0.39, 0.29) is 6.10 Å². The Bertz CT molecular complexity index is 261. The standard InChI is InChI=1S/C9H19NO3S/c1-4-5-6-9(14(10,11)12)7-8(2)13-3/h4,8-9H,1,5-7H2,2-3H3,(H2,10,11,12)/t8-,9+/m1/s1. The Kier molecular flexibility index (Phi) is 5.99. The van der Waals surface area contributed by atoms with Crippen molar-refractivity contribution in [3.05, 3.63) is 12.7 Å². The van der Waals surface area contributed by atoms with Gasteiger partial charge in [-0.25, -0.2) is 13.6 Å². The lowest BCUT2D eigenvalue weighted by Crippen LogP contribution is -2.31. The fraction of sp³-hybridized carbons (Fsp3) is 0.778. The van der Waals surface area contributed by atoms with E-state index in [9.17, 15) is 8.42 Å². The van der Waals surface area contributed by atoms with Gasteiger partial charge in [0.15, 0.2) is 0 Å². The average Bonchev–Trinajstić information content (AvgIpc) is 2.09. The first-order valence-corrected chi connectivity index (χ1v) is 6.18. The van der Waals surface area contributed by atoms with Crippen molar-refractivity contribution in [1.82, 2.24) is 0 Å². The van der Waals surface area contributed by atoms with Gasteiger partial charge < -0.3 is 4.74 Å². The highest BCUT2D eigenvalue weighted by Crippen LogP contribution is 2.14. The molecule has 0 radical (unpaired) electrons. The van der Waals surface area contributed by atoms with Gasteiger partial charge >= 0.3 is 0 Å². The van der Waals surface area contributed by atoms with Gasteiger partial charge in [0.1, 0.15) is 0 Å². The maximum Gasteiger partial charge on any atom is 0.212 e. The van der Waals surface area contributed by atoms with Gasteiger partial charge in [-0.2, -0.15) is 0 Å². The van der Waals surface area contributed by atoms with E-state index in [1.165, 1.54) is 0 Å². The molecule has 0 aromatic rings. The van der Waals surface area contributed by atoms with Crippen LogP contribution in [0.15, 0.2) is 12.7 Å². The van der Waals surface area contributed by atoms with Crippen molar-refractivity contribution in [3.63, 3.8) is 0 Å². The molecule has 0 aromatic carbocycles. The van der Waals surface area contributed by atoms with Crippen LogP contribution in [0.5, 0.6) is 0 Å². The quantitative estimate of drug-likeness (QED) is 0.653. The molecule has 2 atom stereocenters. The summed E-state index contributed by atoms with van der Waals surface area (Å²) in [6.07, 6.45) is 3.19. The summed E-state index contributed by atoms with van der Waals surface area (Å²) in [4.78, 5) is 0. The number of allylic oxidation sites excluding steroid dienone is 1. The normalized spacial score (nSPS) is 16.2. The molecule has 0 spiro atoms. The SMILES string of the molecule is C=CCC[C@@H](C[C@@H](C)OC)S(N)(=O)=O. The Labute approximate surface area is 86.2 Å². The van der Waals surface area contributed by atoms with Crippen molar-refractivity contribution >= 4 is 10.0 Å². The van der Waals surface area contributed by atoms with Crippen LogP contribution in [-0.2, 0) is 14.8 Å². The van der Waals surface area contributed by atoms with Gasteiger partial charge in [-0.15, -0.1) is 6.58 Å². The second-order valence-electron chi connectivity index (χ2n) is 3.36. The smallest absolute Gasteiger partial charge is 0.212 e. The molecule has 0 rings (SSSR count). The zero-order valence-corrected chi connectivity index (χ0v) is 9.59. The van der Waals surface area contributed by atoms with E-state index in [4.69, 9.17) is 9.88 Å². The van der Waals surface area contributed by atoms with Gasteiger partial charge in [-0.1, -0.05) is 6.08 Å². The molecule has 0 bridgehead atoms. The van der Waals surface area contributed by atoms with Crippen LogP contribution in [0.4, 0.5) is 0 Å². The number of nitrogens with two attached hydrogens (primary N) is 1. The molecule has 0 amide bonds. The Morgan fingerprint density at radius 3 is 2.50 bits per heavy atom. The number of sulfonamides is 1. The Morgan fingerprint density at radius 1 is 1.57 bits per heavy atom. The van der Waals surface area contributed by atoms with Crippen LogP contribution in [0.3, 0.4) is 0 Å². The van der Waals surface area contributed by atoms with Crippen LogP contribution in [0.1, 0.15) is 26.2 Å². The van der Waals surface area contributed by atoms with E-state index in [0.717, 1.165) is 0 Å². The third-order valence-electron chi connectivity index (χ3n) is 2.15. The predicted octanol–water partition coefficient (Wildman–Crippen LogP) is 1.03. The molecule has 0 heterocycles. The Morgan fingerprint density at radius 2 is 2.14 bits per heavy atom. The molecule has 0 saturated heterocycles. The molecule has 0 saturated carbocycles. The van der Waals surface area contributed by atoms with E-state index in [1.807, 2.05) is 6.92 Å². The minimum absolute atomic E-state index is 0.0943. The first kappa shape index (κ1) is 13.6. The molecule has 0 aliphatic carbocycles. The molecule has 4 nitrogen and oxygen atoms in total. The monoisotopic (exact) mass is 221 g/mol. The van der Waals surface area contributed by atoms with Crippen LogP contribution in [0, 0.1) is 0 Å². The van der Waals surface area contributed by atoms with Gasteiger partial charge in [-0.3, -0.25) is 0 Å². The number of methoxy groups -OCH3 is 1. The van der Waals surface area contributed by atoms with Gasteiger partial charge in [-0.05, 0) is 26.2 Å². The lowest BCUT2D eigenvalue weighted by molar-refractivity contribution is 0.109. The number of ether oxygens (including phenoxy) is 1. The highest BCUT2D eigenvalue weighted by Gasteiger charge is 2.22. The van der Waals surface area contributed by atoms with Crippen molar-refractivity contribution in [2.24, 2.45) is 5.14 Å². The van der Waals surface area contributed by atoms with Crippen molar-refractivity contribution < 1.29 is 13.2 Å². The summed E-state index contributed by atoms with van der Waals surface area (Å²) >= 11 is 0. The molecular weight excluding hydrogens is 202 g/mol. The minimum atomic E-state index is -3.47. The number of primary sulfonamides is 1. The topological polar surface area (TPSA) is 69.4 Å². The van der Waals surface area contributed by atoms with E-state index in [0.29, 0.717) is 19.3 Å². The van der Waals surface area contributed by atoms with Gasteiger partial charge in [0, 0.05) is 7.11 Å². The molecule has 0 aliphatic heterocycles. The van der Waals surface area contributed by atoms with Crippen molar-refractivity contribution in [2.75, 3.05) is 7.11 Å². The highest BCUT2D eigenvalue weighted by molar-refractivity contribution is 7.89. The molecule has 2 N–H and O–H groups in total. The molecule has 0 aliphatic rings. The Hall–Kier alpha value is -0.390. The zero-order valence-electron chi connectivity index (χ0n) is 8.77. The second kappa shape index (κ2) is 6.16. The zero-order chi connectivity index (χ0) is 11.2. The summed E-state index contributed by atoms with van der Waals surface area (Å²) in [5.74, 6) is 0. The summed E-state index contributed by atoms with van der Waals surface area (Å²) in [7, 11) is -1.92. The first-order valence-electron chi connectivity index (χ1n) is 4.57. The molecule has 84 valence electrons. The summed E-state index contributed by atoms with van der Waals surface area (Å²) in [5.41, 5.74) is 0. The van der Waals surface area contributed by atoms with Crippen LogP contribution >= 0.6 is 0 Å². The summed E-state index contributed by atoms with van der Waals surface area (Å²) in [5, 5.41) is 4.57. The highest BCUT2D eigenvalue weighted by atomic mass is 32.2.